The highest BCUT2D eigenvalue weighted by Gasteiger charge is 2.19. The highest BCUT2D eigenvalue weighted by molar-refractivity contribution is 5.24. The number of rotatable bonds is 3. The summed E-state index contributed by atoms with van der Waals surface area (Å²) >= 11 is 0. The van der Waals surface area contributed by atoms with E-state index in [1.54, 1.807) is 0 Å². The summed E-state index contributed by atoms with van der Waals surface area (Å²) in [5.41, 5.74) is 2.41. The first-order valence-electron chi connectivity index (χ1n) is 6.06. The second-order valence-electron chi connectivity index (χ2n) is 4.78. The molecule has 1 fully saturated rings. The van der Waals surface area contributed by atoms with Crippen molar-refractivity contribution in [3.05, 3.63) is 17.0 Å². The highest BCUT2D eigenvalue weighted by atomic mass is 16.5. The quantitative estimate of drug-likeness (QED) is 0.843. The van der Waals surface area contributed by atoms with Crippen molar-refractivity contribution in [1.82, 2.24) is 15.4 Å². The van der Waals surface area contributed by atoms with Crippen LogP contribution >= 0.6 is 0 Å². The fourth-order valence-corrected chi connectivity index (χ4v) is 2.15. The Kier molecular flexibility index (Phi) is 3.61. The van der Waals surface area contributed by atoms with Gasteiger partial charge in [0.15, 0.2) is 0 Å². The molecule has 0 atom stereocenters. The molecule has 0 aliphatic carbocycles. The van der Waals surface area contributed by atoms with Crippen molar-refractivity contribution < 1.29 is 4.52 Å². The lowest BCUT2D eigenvalue weighted by molar-refractivity contribution is 0.231. The number of hydrogen-bond acceptors (Lipinski definition) is 4. The van der Waals surface area contributed by atoms with Gasteiger partial charge in [-0.2, -0.15) is 0 Å². The van der Waals surface area contributed by atoms with Gasteiger partial charge in [0.2, 0.25) is 0 Å². The molecular formula is C12H21N3O. The van der Waals surface area contributed by atoms with Crippen molar-refractivity contribution in [3.8, 4) is 0 Å². The Morgan fingerprint density at radius 1 is 1.38 bits per heavy atom. The molecule has 4 nitrogen and oxygen atoms in total. The van der Waals surface area contributed by atoms with Gasteiger partial charge in [-0.05, 0) is 12.8 Å². The lowest BCUT2D eigenvalue weighted by Crippen LogP contribution is -2.43. The molecule has 0 amide bonds. The summed E-state index contributed by atoms with van der Waals surface area (Å²) in [4.78, 5) is 2.46. The molecule has 1 aliphatic heterocycles. The zero-order valence-corrected chi connectivity index (χ0v) is 10.4. The molecule has 0 unspecified atom stereocenters. The molecule has 90 valence electrons. The average Bonchev–Trinajstić information content (AvgIpc) is 2.62. The second-order valence-corrected chi connectivity index (χ2v) is 4.78. The van der Waals surface area contributed by atoms with Crippen LogP contribution in [0.4, 0.5) is 0 Å². The fraction of sp³-hybridized carbons (Fsp3) is 0.750. The zero-order valence-electron chi connectivity index (χ0n) is 10.4. The molecule has 1 aromatic heterocycles. The molecule has 1 N–H and O–H groups in total. The zero-order chi connectivity index (χ0) is 11.5. The standard InChI is InChI=1S/C12H21N3O/c1-9(2)12-11(10(3)16-14-12)8-15-6-4-13-5-7-15/h9,13H,4-8H2,1-3H3. The second kappa shape index (κ2) is 4.97. The van der Waals surface area contributed by atoms with Crippen LogP contribution in [0.3, 0.4) is 0 Å². The lowest BCUT2D eigenvalue weighted by atomic mass is 10.0. The van der Waals surface area contributed by atoms with Crippen molar-refractivity contribution in [1.29, 1.82) is 0 Å². The van der Waals surface area contributed by atoms with Crippen LogP contribution in [-0.2, 0) is 6.54 Å². The molecular weight excluding hydrogens is 202 g/mol. The minimum absolute atomic E-state index is 0.440. The van der Waals surface area contributed by atoms with Gasteiger partial charge < -0.3 is 9.84 Å². The smallest absolute Gasteiger partial charge is 0.138 e. The van der Waals surface area contributed by atoms with E-state index in [0.717, 1.165) is 44.2 Å². The van der Waals surface area contributed by atoms with E-state index >= 15 is 0 Å². The highest BCUT2D eigenvalue weighted by Crippen LogP contribution is 2.22. The van der Waals surface area contributed by atoms with E-state index in [0.29, 0.717) is 5.92 Å². The third-order valence-corrected chi connectivity index (χ3v) is 3.15. The van der Waals surface area contributed by atoms with Gasteiger partial charge in [-0.3, -0.25) is 4.90 Å². The number of hydrogen-bond donors (Lipinski definition) is 1. The summed E-state index contributed by atoms with van der Waals surface area (Å²) in [6.45, 7) is 11.7. The number of nitrogens with zero attached hydrogens (tertiary/aromatic N) is 2. The summed E-state index contributed by atoms with van der Waals surface area (Å²) in [6.07, 6.45) is 0. The average molecular weight is 223 g/mol. The lowest BCUT2D eigenvalue weighted by Gasteiger charge is -2.27. The van der Waals surface area contributed by atoms with Crippen LogP contribution in [-0.4, -0.2) is 36.2 Å². The topological polar surface area (TPSA) is 41.3 Å². The van der Waals surface area contributed by atoms with Gasteiger partial charge in [-0.25, -0.2) is 0 Å². The Morgan fingerprint density at radius 2 is 2.06 bits per heavy atom. The Labute approximate surface area is 97.0 Å². The van der Waals surface area contributed by atoms with Gasteiger partial charge >= 0.3 is 0 Å². The molecule has 0 spiro atoms. The third kappa shape index (κ3) is 2.44. The first kappa shape index (κ1) is 11.6. The van der Waals surface area contributed by atoms with Gasteiger partial charge in [0.1, 0.15) is 5.76 Å². The van der Waals surface area contributed by atoms with E-state index in [1.807, 2.05) is 6.92 Å². The van der Waals surface area contributed by atoms with Crippen molar-refractivity contribution in [2.75, 3.05) is 26.2 Å². The normalized spacial score (nSPS) is 18.2. The van der Waals surface area contributed by atoms with Gasteiger partial charge in [-0.15, -0.1) is 0 Å². The maximum atomic E-state index is 5.31. The van der Waals surface area contributed by atoms with Crippen LogP contribution in [0.1, 0.15) is 36.8 Å². The Bertz CT molecular complexity index is 340. The Morgan fingerprint density at radius 3 is 2.69 bits per heavy atom. The van der Waals surface area contributed by atoms with Crippen LogP contribution < -0.4 is 5.32 Å². The minimum atomic E-state index is 0.440. The summed E-state index contributed by atoms with van der Waals surface area (Å²) < 4.78 is 5.31. The summed E-state index contributed by atoms with van der Waals surface area (Å²) in [7, 11) is 0. The fourth-order valence-electron chi connectivity index (χ4n) is 2.15. The molecule has 0 bridgehead atoms. The van der Waals surface area contributed by atoms with E-state index in [4.69, 9.17) is 4.52 Å². The van der Waals surface area contributed by atoms with Crippen LogP contribution in [0.15, 0.2) is 4.52 Å². The number of nitrogens with one attached hydrogen (secondary N) is 1. The molecule has 2 rings (SSSR count). The number of aromatic nitrogens is 1. The van der Waals surface area contributed by atoms with Gasteiger partial charge in [0, 0.05) is 38.3 Å². The third-order valence-electron chi connectivity index (χ3n) is 3.15. The molecule has 0 saturated carbocycles. The number of aryl methyl sites for hydroxylation is 1. The molecule has 0 aromatic carbocycles. The van der Waals surface area contributed by atoms with Crippen molar-refractivity contribution in [2.45, 2.75) is 33.2 Å². The maximum absolute atomic E-state index is 5.31. The predicted molar refractivity (Wildman–Crippen MR) is 63.5 cm³/mol. The monoisotopic (exact) mass is 223 g/mol. The van der Waals surface area contributed by atoms with Crippen molar-refractivity contribution in [3.63, 3.8) is 0 Å². The minimum Gasteiger partial charge on any atom is -0.361 e. The molecule has 2 heterocycles. The van der Waals surface area contributed by atoms with Crippen LogP contribution in [0, 0.1) is 6.92 Å². The first-order valence-corrected chi connectivity index (χ1v) is 6.06. The summed E-state index contributed by atoms with van der Waals surface area (Å²) in [5.74, 6) is 1.41. The first-order chi connectivity index (χ1) is 7.68. The molecule has 4 heteroatoms. The molecule has 1 aliphatic rings. The largest absolute Gasteiger partial charge is 0.361 e. The van der Waals surface area contributed by atoms with E-state index in [-0.39, 0.29) is 0 Å². The van der Waals surface area contributed by atoms with Crippen molar-refractivity contribution in [2.24, 2.45) is 0 Å². The van der Waals surface area contributed by atoms with Gasteiger partial charge in [0.25, 0.3) is 0 Å². The van der Waals surface area contributed by atoms with E-state index in [2.05, 4.69) is 29.2 Å². The van der Waals surface area contributed by atoms with E-state index < -0.39 is 0 Å². The Hall–Kier alpha value is -0.870. The van der Waals surface area contributed by atoms with Crippen LogP contribution in [0.5, 0.6) is 0 Å². The van der Waals surface area contributed by atoms with E-state index in [1.165, 1.54) is 5.56 Å². The van der Waals surface area contributed by atoms with Gasteiger partial charge in [-0.1, -0.05) is 19.0 Å². The summed E-state index contributed by atoms with van der Waals surface area (Å²) in [5, 5.41) is 7.53. The van der Waals surface area contributed by atoms with Crippen molar-refractivity contribution >= 4 is 0 Å². The predicted octanol–water partition coefficient (Wildman–Crippen LogP) is 1.51. The maximum Gasteiger partial charge on any atom is 0.138 e. The SMILES string of the molecule is Cc1onc(C(C)C)c1CN1CCNCC1. The van der Waals surface area contributed by atoms with Crippen LogP contribution in [0.25, 0.3) is 0 Å². The molecule has 16 heavy (non-hydrogen) atoms. The number of piperazine rings is 1. The molecule has 1 saturated heterocycles. The Balaban J connectivity index is 2.09. The van der Waals surface area contributed by atoms with E-state index in [9.17, 15) is 0 Å². The van der Waals surface area contributed by atoms with Crippen LogP contribution in [0.2, 0.25) is 0 Å². The molecule has 0 radical (unpaired) electrons. The molecule has 1 aromatic rings. The van der Waals surface area contributed by atoms with Gasteiger partial charge in [0.05, 0.1) is 5.69 Å². The summed E-state index contributed by atoms with van der Waals surface area (Å²) in [6, 6.07) is 0.